The molecule has 3 nitrogen and oxygen atoms in total. The van der Waals surface area contributed by atoms with Gasteiger partial charge in [-0.05, 0) is 52.2 Å². The summed E-state index contributed by atoms with van der Waals surface area (Å²) < 4.78 is 6.57. The second-order valence-corrected chi connectivity index (χ2v) is 5.06. The van der Waals surface area contributed by atoms with Crippen molar-refractivity contribution in [3.8, 4) is 5.75 Å². The quantitative estimate of drug-likeness (QED) is 0.522. The average Bonchev–Trinajstić information content (AvgIpc) is 2.40. The second kappa shape index (κ2) is 6.38. The molecular formula is C15H14BrNO2. The van der Waals surface area contributed by atoms with Gasteiger partial charge in [-0.15, -0.1) is 0 Å². The van der Waals surface area contributed by atoms with Crippen molar-refractivity contribution >= 4 is 22.1 Å². The molecule has 0 atom stereocenters. The number of rotatable bonds is 4. The van der Waals surface area contributed by atoms with Crippen molar-refractivity contribution in [3.05, 3.63) is 63.6 Å². The first-order chi connectivity index (χ1) is 9.19. The van der Waals surface area contributed by atoms with E-state index in [-0.39, 0.29) is 0 Å². The second-order valence-electron chi connectivity index (χ2n) is 4.21. The summed E-state index contributed by atoms with van der Waals surface area (Å²) in [5.74, 6) is 0.760. The van der Waals surface area contributed by atoms with E-state index in [0.717, 1.165) is 21.3 Å². The van der Waals surface area contributed by atoms with Crippen LogP contribution >= 0.6 is 15.9 Å². The van der Waals surface area contributed by atoms with Crippen LogP contribution in [0.5, 0.6) is 5.75 Å². The molecule has 0 unspecified atom stereocenters. The van der Waals surface area contributed by atoms with Gasteiger partial charge in [0.05, 0.1) is 10.7 Å². The molecule has 0 radical (unpaired) electrons. The number of hydrogen-bond donors (Lipinski definition) is 1. The summed E-state index contributed by atoms with van der Waals surface area (Å²) in [5.41, 5.74) is 3.16. The molecule has 0 aliphatic heterocycles. The van der Waals surface area contributed by atoms with E-state index in [0.29, 0.717) is 6.61 Å². The van der Waals surface area contributed by atoms with Crippen molar-refractivity contribution in [2.24, 2.45) is 5.16 Å². The van der Waals surface area contributed by atoms with Crippen LogP contribution in [0, 0.1) is 6.92 Å². The zero-order chi connectivity index (χ0) is 13.7. The van der Waals surface area contributed by atoms with Gasteiger partial charge >= 0.3 is 0 Å². The third kappa shape index (κ3) is 3.83. The lowest BCUT2D eigenvalue weighted by Gasteiger charge is -2.09. The van der Waals surface area contributed by atoms with Gasteiger partial charge in [0.2, 0.25) is 0 Å². The van der Waals surface area contributed by atoms with E-state index >= 15 is 0 Å². The van der Waals surface area contributed by atoms with E-state index in [1.54, 1.807) is 0 Å². The minimum atomic E-state index is 0.520. The molecule has 0 heterocycles. The number of aryl methyl sites for hydroxylation is 1. The Bertz CT molecular complexity index is 579. The Morgan fingerprint density at radius 3 is 2.58 bits per heavy atom. The first kappa shape index (κ1) is 13.6. The fourth-order valence-corrected chi connectivity index (χ4v) is 2.14. The molecule has 0 amide bonds. The average molecular weight is 320 g/mol. The Morgan fingerprint density at radius 2 is 1.95 bits per heavy atom. The molecule has 4 heteroatoms. The van der Waals surface area contributed by atoms with Gasteiger partial charge in [0, 0.05) is 0 Å². The topological polar surface area (TPSA) is 41.8 Å². The summed E-state index contributed by atoms with van der Waals surface area (Å²) in [6.07, 6.45) is 1.37. The van der Waals surface area contributed by atoms with Crippen LogP contribution in [0.2, 0.25) is 0 Å². The van der Waals surface area contributed by atoms with Gasteiger partial charge in [-0.3, -0.25) is 0 Å². The molecule has 0 saturated carbocycles. The summed E-state index contributed by atoms with van der Waals surface area (Å²) in [4.78, 5) is 0. The van der Waals surface area contributed by atoms with Gasteiger partial charge in [0.1, 0.15) is 12.4 Å². The Morgan fingerprint density at radius 1 is 1.21 bits per heavy atom. The predicted octanol–water partition coefficient (Wildman–Crippen LogP) is 4.14. The third-order valence-corrected chi connectivity index (χ3v) is 3.30. The lowest BCUT2D eigenvalue weighted by atomic mass is 10.2. The number of ether oxygens (including phenoxy) is 1. The van der Waals surface area contributed by atoms with Crippen LogP contribution in [0.3, 0.4) is 0 Å². The highest BCUT2D eigenvalue weighted by molar-refractivity contribution is 9.10. The maximum Gasteiger partial charge on any atom is 0.134 e. The molecule has 19 heavy (non-hydrogen) atoms. The number of nitrogens with zero attached hydrogens (tertiary/aromatic N) is 1. The zero-order valence-corrected chi connectivity index (χ0v) is 12.1. The number of oxime groups is 1. The molecule has 2 aromatic rings. The zero-order valence-electron chi connectivity index (χ0n) is 10.5. The fraction of sp³-hybridized carbons (Fsp3) is 0.133. The molecule has 2 rings (SSSR count). The summed E-state index contributed by atoms with van der Waals surface area (Å²) in [6, 6.07) is 13.7. The Kier molecular flexibility index (Phi) is 4.58. The fourth-order valence-electron chi connectivity index (χ4n) is 1.63. The first-order valence-corrected chi connectivity index (χ1v) is 6.63. The predicted molar refractivity (Wildman–Crippen MR) is 79.0 cm³/mol. The van der Waals surface area contributed by atoms with E-state index in [2.05, 4.69) is 52.3 Å². The van der Waals surface area contributed by atoms with Crippen LogP contribution in [0.1, 0.15) is 16.7 Å². The van der Waals surface area contributed by atoms with Crippen LogP contribution < -0.4 is 4.74 Å². The summed E-state index contributed by atoms with van der Waals surface area (Å²) in [6.45, 7) is 2.58. The van der Waals surface area contributed by atoms with Gasteiger partial charge in [0.25, 0.3) is 0 Å². The largest absolute Gasteiger partial charge is 0.488 e. The molecule has 0 aromatic heterocycles. The molecule has 0 aliphatic carbocycles. The minimum Gasteiger partial charge on any atom is -0.488 e. The van der Waals surface area contributed by atoms with E-state index in [4.69, 9.17) is 9.94 Å². The van der Waals surface area contributed by atoms with E-state index in [9.17, 15) is 0 Å². The van der Waals surface area contributed by atoms with Crippen molar-refractivity contribution in [2.75, 3.05) is 0 Å². The maximum atomic E-state index is 8.48. The molecule has 0 fully saturated rings. The van der Waals surface area contributed by atoms with Crippen molar-refractivity contribution in [1.82, 2.24) is 0 Å². The number of benzene rings is 2. The molecule has 1 N–H and O–H groups in total. The van der Waals surface area contributed by atoms with Crippen LogP contribution in [0.25, 0.3) is 0 Å². The van der Waals surface area contributed by atoms with Crippen LogP contribution in [-0.4, -0.2) is 11.4 Å². The lowest BCUT2D eigenvalue weighted by Crippen LogP contribution is -1.96. The Labute approximate surface area is 120 Å². The maximum absolute atomic E-state index is 8.48. The van der Waals surface area contributed by atoms with Crippen LogP contribution in [0.4, 0.5) is 0 Å². The summed E-state index contributed by atoms with van der Waals surface area (Å²) in [5, 5.41) is 11.5. The molecule has 0 bridgehead atoms. The van der Waals surface area contributed by atoms with Crippen LogP contribution in [0.15, 0.2) is 52.1 Å². The highest BCUT2D eigenvalue weighted by Crippen LogP contribution is 2.26. The molecule has 2 aromatic carbocycles. The Hall–Kier alpha value is -1.81. The van der Waals surface area contributed by atoms with Gasteiger partial charge in [-0.25, -0.2) is 0 Å². The van der Waals surface area contributed by atoms with Crippen molar-refractivity contribution in [1.29, 1.82) is 0 Å². The first-order valence-electron chi connectivity index (χ1n) is 5.84. The highest BCUT2D eigenvalue weighted by atomic mass is 79.9. The minimum absolute atomic E-state index is 0.520. The van der Waals surface area contributed by atoms with Crippen molar-refractivity contribution in [2.45, 2.75) is 13.5 Å². The number of hydrogen-bond acceptors (Lipinski definition) is 3. The molecule has 98 valence electrons. The number of halogens is 1. The third-order valence-electron chi connectivity index (χ3n) is 2.68. The standard InChI is InChI=1S/C15H14BrNO2/c1-11-2-4-12(5-3-11)10-19-15-7-6-13(9-17-18)8-14(15)16/h2-9,18H,10H2,1H3/b17-9-. The lowest BCUT2D eigenvalue weighted by molar-refractivity contribution is 0.304. The van der Waals surface area contributed by atoms with E-state index in [1.807, 2.05) is 18.2 Å². The van der Waals surface area contributed by atoms with Gasteiger partial charge in [0.15, 0.2) is 0 Å². The summed E-state index contributed by atoms with van der Waals surface area (Å²) >= 11 is 3.43. The highest BCUT2D eigenvalue weighted by Gasteiger charge is 2.02. The van der Waals surface area contributed by atoms with E-state index in [1.165, 1.54) is 11.8 Å². The molecular weight excluding hydrogens is 306 g/mol. The summed E-state index contributed by atoms with van der Waals surface area (Å²) in [7, 11) is 0. The molecule has 0 aliphatic rings. The normalized spacial score (nSPS) is 10.8. The van der Waals surface area contributed by atoms with Gasteiger partial charge < -0.3 is 9.94 Å². The molecule has 0 saturated heterocycles. The van der Waals surface area contributed by atoms with E-state index < -0.39 is 0 Å². The monoisotopic (exact) mass is 319 g/mol. The van der Waals surface area contributed by atoms with Gasteiger partial charge in [-0.1, -0.05) is 35.0 Å². The smallest absolute Gasteiger partial charge is 0.134 e. The van der Waals surface area contributed by atoms with Crippen molar-refractivity contribution < 1.29 is 9.94 Å². The van der Waals surface area contributed by atoms with Crippen LogP contribution in [-0.2, 0) is 6.61 Å². The SMILES string of the molecule is Cc1ccc(COc2ccc(/C=N\O)cc2Br)cc1. The van der Waals surface area contributed by atoms with Crippen molar-refractivity contribution in [3.63, 3.8) is 0 Å². The van der Waals surface area contributed by atoms with Gasteiger partial charge in [-0.2, -0.15) is 0 Å². The Balaban J connectivity index is 2.05. The molecule has 0 spiro atoms.